The van der Waals surface area contributed by atoms with Crippen LogP contribution in [0, 0.1) is 6.92 Å². The van der Waals surface area contributed by atoms with Crippen LogP contribution in [0.5, 0.6) is 11.5 Å². The van der Waals surface area contributed by atoms with Crippen molar-refractivity contribution in [2.45, 2.75) is 6.92 Å². The van der Waals surface area contributed by atoms with E-state index in [2.05, 4.69) is 15.9 Å². The van der Waals surface area contributed by atoms with E-state index in [9.17, 15) is 0 Å². The molecule has 2 aromatic carbocycles. The molecule has 0 aliphatic heterocycles. The average Bonchev–Trinajstić information content (AvgIpc) is 2.40. The van der Waals surface area contributed by atoms with Crippen LogP contribution in [-0.2, 0) is 0 Å². The van der Waals surface area contributed by atoms with Crippen LogP contribution in [0.2, 0.25) is 0 Å². The zero-order chi connectivity index (χ0) is 13.7. The van der Waals surface area contributed by atoms with Gasteiger partial charge in [-0.05, 0) is 42.8 Å². The van der Waals surface area contributed by atoms with Gasteiger partial charge in [0.25, 0.3) is 0 Å². The summed E-state index contributed by atoms with van der Waals surface area (Å²) in [5.74, 6) is 1.53. The minimum Gasteiger partial charge on any atom is -0.490 e. The molecule has 2 N–H and O–H groups in total. The van der Waals surface area contributed by atoms with E-state index < -0.39 is 0 Å². The van der Waals surface area contributed by atoms with Gasteiger partial charge < -0.3 is 15.2 Å². The smallest absolute Gasteiger partial charge is 0.142 e. The van der Waals surface area contributed by atoms with Gasteiger partial charge in [0.2, 0.25) is 0 Å². The number of hydrogen-bond acceptors (Lipinski definition) is 3. The highest BCUT2D eigenvalue weighted by molar-refractivity contribution is 9.10. The first-order valence-electron chi connectivity index (χ1n) is 6.03. The SMILES string of the molecule is Cc1cc(OCCOc2ccccc2N)ccc1Br. The van der Waals surface area contributed by atoms with Crippen molar-refractivity contribution in [3.05, 3.63) is 52.5 Å². The summed E-state index contributed by atoms with van der Waals surface area (Å²) in [6.45, 7) is 2.97. The van der Waals surface area contributed by atoms with E-state index in [0.717, 1.165) is 15.8 Å². The molecule has 0 atom stereocenters. The number of nitrogens with two attached hydrogens (primary N) is 1. The number of hydrogen-bond donors (Lipinski definition) is 1. The minimum atomic E-state index is 0.462. The van der Waals surface area contributed by atoms with Gasteiger partial charge in [0, 0.05) is 4.47 Å². The second-order valence-corrected chi connectivity index (χ2v) is 5.00. The maximum absolute atomic E-state index is 5.78. The van der Waals surface area contributed by atoms with Crippen molar-refractivity contribution < 1.29 is 9.47 Å². The highest BCUT2D eigenvalue weighted by Crippen LogP contribution is 2.22. The van der Waals surface area contributed by atoms with E-state index in [4.69, 9.17) is 15.2 Å². The van der Waals surface area contributed by atoms with E-state index >= 15 is 0 Å². The van der Waals surface area contributed by atoms with Gasteiger partial charge in [-0.3, -0.25) is 0 Å². The summed E-state index contributed by atoms with van der Waals surface area (Å²) in [6.07, 6.45) is 0. The second-order valence-electron chi connectivity index (χ2n) is 4.15. The van der Waals surface area contributed by atoms with Crippen molar-refractivity contribution >= 4 is 21.6 Å². The average molecular weight is 322 g/mol. The molecule has 2 aromatic rings. The van der Waals surface area contributed by atoms with Gasteiger partial charge in [-0.25, -0.2) is 0 Å². The maximum Gasteiger partial charge on any atom is 0.142 e. The van der Waals surface area contributed by atoms with E-state index in [1.54, 1.807) is 0 Å². The quantitative estimate of drug-likeness (QED) is 0.673. The first-order valence-corrected chi connectivity index (χ1v) is 6.82. The molecule has 3 nitrogen and oxygen atoms in total. The number of benzene rings is 2. The predicted octanol–water partition coefficient (Wildman–Crippen LogP) is 3.80. The monoisotopic (exact) mass is 321 g/mol. The molecule has 0 heterocycles. The summed E-state index contributed by atoms with van der Waals surface area (Å²) in [6, 6.07) is 13.3. The fourth-order valence-electron chi connectivity index (χ4n) is 1.63. The molecule has 19 heavy (non-hydrogen) atoms. The fourth-order valence-corrected chi connectivity index (χ4v) is 1.88. The van der Waals surface area contributed by atoms with E-state index in [1.165, 1.54) is 0 Å². The van der Waals surface area contributed by atoms with Crippen LogP contribution in [-0.4, -0.2) is 13.2 Å². The first kappa shape index (κ1) is 13.7. The van der Waals surface area contributed by atoms with Crippen molar-refractivity contribution in [3.63, 3.8) is 0 Å². The van der Waals surface area contributed by atoms with Gasteiger partial charge in [-0.2, -0.15) is 0 Å². The predicted molar refractivity (Wildman–Crippen MR) is 80.7 cm³/mol. The molecule has 0 fully saturated rings. The summed E-state index contributed by atoms with van der Waals surface area (Å²) in [5.41, 5.74) is 7.56. The second kappa shape index (κ2) is 6.48. The zero-order valence-electron chi connectivity index (χ0n) is 10.7. The number of halogens is 1. The normalized spacial score (nSPS) is 10.2. The molecule has 0 aliphatic rings. The molecule has 100 valence electrons. The Kier molecular flexibility index (Phi) is 4.68. The molecule has 0 unspecified atom stereocenters. The van der Waals surface area contributed by atoms with E-state index in [0.29, 0.717) is 24.7 Å². The van der Waals surface area contributed by atoms with E-state index in [-0.39, 0.29) is 0 Å². The van der Waals surface area contributed by atoms with E-state index in [1.807, 2.05) is 49.4 Å². The van der Waals surface area contributed by atoms with Crippen LogP contribution in [0.3, 0.4) is 0 Å². The Bertz CT molecular complexity index is 558. The summed E-state index contributed by atoms with van der Waals surface area (Å²) < 4.78 is 12.2. The third-order valence-corrected chi connectivity index (χ3v) is 3.55. The largest absolute Gasteiger partial charge is 0.490 e. The lowest BCUT2D eigenvalue weighted by atomic mass is 10.2. The Morgan fingerprint density at radius 3 is 2.53 bits per heavy atom. The molecule has 0 spiro atoms. The molecular formula is C15H16BrNO2. The number of para-hydroxylation sites is 2. The van der Waals surface area contributed by atoms with Crippen LogP contribution in [0.4, 0.5) is 5.69 Å². The topological polar surface area (TPSA) is 44.5 Å². The summed E-state index contributed by atoms with van der Waals surface area (Å²) in [5, 5.41) is 0. The minimum absolute atomic E-state index is 0.462. The Morgan fingerprint density at radius 1 is 1.05 bits per heavy atom. The number of nitrogen functional groups attached to an aromatic ring is 1. The standard InChI is InChI=1S/C15H16BrNO2/c1-11-10-12(6-7-13(11)16)18-8-9-19-15-5-3-2-4-14(15)17/h2-7,10H,8-9,17H2,1H3. The Labute approximate surface area is 121 Å². The first-order chi connectivity index (χ1) is 9.16. The number of ether oxygens (including phenoxy) is 2. The van der Waals surface area contributed by atoms with Gasteiger partial charge in [-0.15, -0.1) is 0 Å². The lowest BCUT2D eigenvalue weighted by Gasteiger charge is -2.10. The molecule has 4 heteroatoms. The maximum atomic E-state index is 5.78. The van der Waals surface area contributed by atoms with Crippen LogP contribution >= 0.6 is 15.9 Å². The molecule has 0 amide bonds. The number of aryl methyl sites for hydroxylation is 1. The molecule has 0 saturated carbocycles. The van der Waals surface area contributed by atoms with Gasteiger partial charge >= 0.3 is 0 Å². The van der Waals surface area contributed by atoms with Gasteiger partial charge in [0.15, 0.2) is 0 Å². The molecule has 0 radical (unpaired) electrons. The fraction of sp³-hybridized carbons (Fsp3) is 0.200. The molecule has 0 saturated heterocycles. The third-order valence-electron chi connectivity index (χ3n) is 2.66. The van der Waals surface area contributed by atoms with Gasteiger partial charge in [0.1, 0.15) is 24.7 Å². The van der Waals surface area contributed by atoms with Crippen molar-refractivity contribution in [3.8, 4) is 11.5 Å². The number of rotatable bonds is 5. The number of anilines is 1. The van der Waals surface area contributed by atoms with Crippen LogP contribution in [0.1, 0.15) is 5.56 Å². The van der Waals surface area contributed by atoms with Crippen molar-refractivity contribution in [2.24, 2.45) is 0 Å². The molecule has 2 rings (SSSR count). The lowest BCUT2D eigenvalue weighted by molar-refractivity contribution is 0.218. The molecule has 0 aliphatic carbocycles. The Hall–Kier alpha value is -1.68. The molecular weight excluding hydrogens is 306 g/mol. The van der Waals surface area contributed by atoms with Crippen molar-refractivity contribution in [1.29, 1.82) is 0 Å². The Morgan fingerprint density at radius 2 is 1.79 bits per heavy atom. The highest BCUT2D eigenvalue weighted by atomic mass is 79.9. The summed E-state index contributed by atoms with van der Waals surface area (Å²) >= 11 is 3.46. The zero-order valence-corrected chi connectivity index (χ0v) is 12.3. The van der Waals surface area contributed by atoms with Gasteiger partial charge in [-0.1, -0.05) is 28.1 Å². The summed E-state index contributed by atoms with van der Waals surface area (Å²) in [4.78, 5) is 0. The van der Waals surface area contributed by atoms with Crippen LogP contribution < -0.4 is 15.2 Å². The highest BCUT2D eigenvalue weighted by Gasteiger charge is 2.00. The van der Waals surface area contributed by atoms with Crippen molar-refractivity contribution in [1.82, 2.24) is 0 Å². The lowest BCUT2D eigenvalue weighted by Crippen LogP contribution is -2.09. The Balaban J connectivity index is 1.81. The van der Waals surface area contributed by atoms with Crippen LogP contribution in [0.15, 0.2) is 46.9 Å². The molecule has 0 aromatic heterocycles. The van der Waals surface area contributed by atoms with Crippen LogP contribution in [0.25, 0.3) is 0 Å². The van der Waals surface area contributed by atoms with Crippen molar-refractivity contribution in [2.75, 3.05) is 18.9 Å². The molecule has 0 bridgehead atoms. The third kappa shape index (κ3) is 3.89. The summed E-state index contributed by atoms with van der Waals surface area (Å²) in [7, 11) is 0. The van der Waals surface area contributed by atoms with Gasteiger partial charge in [0.05, 0.1) is 5.69 Å².